The molecule has 1 saturated carbocycles. The largest absolute Gasteiger partial charge is 0.487 e. The molecule has 6 heteroatoms. The smallest absolute Gasteiger partial charge is 0.157 e. The van der Waals surface area contributed by atoms with E-state index in [4.69, 9.17) is 22.1 Å². The highest BCUT2D eigenvalue weighted by Crippen LogP contribution is 2.41. The molecule has 1 saturated heterocycles. The molecule has 1 aliphatic carbocycles. The molecule has 19 heavy (non-hydrogen) atoms. The molecular weight excluding hydrogens is 286 g/mol. The molecule has 1 aromatic carbocycles. The van der Waals surface area contributed by atoms with Crippen molar-refractivity contribution in [2.24, 2.45) is 5.73 Å². The van der Waals surface area contributed by atoms with Crippen molar-refractivity contribution >= 4 is 21.4 Å². The predicted octanol–water partition coefficient (Wildman–Crippen LogP) is 1.85. The van der Waals surface area contributed by atoms with Gasteiger partial charge in [-0.15, -0.1) is 0 Å². The summed E-state index contributed by atoms with van der Waals surface area (Å²) in [5, 5.41) is 0.499. The first-order valence-electron chi connectivity index (χ1n) is 6.34. The van der Waals surface area contributed by atoms with Crippen molar-refractivity contribution in [2.45, 2.75) is 30.9 Å². The van der Waals surface area contributed by atoms with Crippen molar-refractivity contribution in [2.75, 3.05) is 11.5 Å². The SMILES string of the molecule is NC1(c2ccc(OC3CS(=O)(=O)C3)c(Cl)c2)CCC1. The topological polar surface area (TPSA) is 69.4 Å². The number of nitrogens with two attached hydrogens (primary N) is 1. The molecule has 1 aliphatic heterocycles. The Labute approximate surface area is 117 Å². The summed E-state index contributed by atoms with van der Waals surface area (Å²) in [4.78, 5) is 0. The average molecular weight is 302 g/mol. The van der Waals surface area contributed by atoms with Gasteiger partial charge in [-0.3, -0.25) is 0 Å². The van der Waals surface area contributed by atoms with Gasteiger partial charge in [0.1, 0.15) is 11.9 Å². The van der Waals surface area contributed by atoms with Crippen molar-refractivity contribution in [1.29, 1.82) is 0 Å². The first kappa shape index (κ1) is 13.2. The van der Waals surface area contributed by atoms with Gasteiger partial charge in [0.25, 0.3) is 0 Å². The molecule has 4 nitrogen and oxygen atoms in total. The van der Waals surface area contributed by atoms with E-state index >= 15 is 0 Å². The summed E-state index contributed by atoms with van der Waals surface area (Å²) in [7, 11) is -2.88. The predicted molar refractivity (Wildman–Crippen MR) is 74.2 cm³/mol. The highest BCUT2D eigenvalue weighted by Gasteiger charge is 2.37. The fourth-order valence-electron chi connectivity index (χ4n) is 2.52. The van der Waals surface area contributed by atoms with Crippen LogP contribution in [0, 0.1) is 0 Å². The molecule has 0 amide bonds. The molecule has 1 heterocycles. The molecule has 0 unspecified atom stereocenters. The van der Waals surface area contributed by atoms with Gasteiger partial charge in [-0.2, -0.15) is 0 Å². The van der Waals surface area contributed by atoms with Gasteiger partial charge >= 0.3 is 0 Å². The Morgan fingerprint density at radius 2 is 2.00 bits per heavy atom. The maximum atomic E-state index is 11.1. The molecule has 2 N–H and O–H groups in total. The lowest BCUT2D eigenvalue weighted by Gasteiger charge is -2.39. The lowest BCUT2D eigenvalue weighted by molar-refractivity contribution is 0.229. The van der Waals surface area contributed by atoms with Crippen LogP contribution in [0.25, 0.3) is 0 Å². The van der Waals surface area contributed by atoms with Crippen LogP contribution < -0.4 is 10.5 Å². The van der Waals surface area contributed by atoms with E-state index in [-0.39, 0.29) is 23.1 Å². The van der Waals surface area contributed by atoms with Gasteiger partial charge in [-0.25, -0.2) is 8.42 Å². The first-order valence-corrected chi connectivity index (χ1v) is 8.54. The normalized spacial score (nSPS) is 24.3. The zero-order valence-electron chi connectivity index (χ0n) is 10.4. The van der Waals surface area contributed by atoms with Crippen LogP contribution in [0.1, 0.15) is 24.8 Å². The monoisotopic (exact) mass is 301 g/mol. The van der Waals surface area contributed by atoms with Gasteiger partial charge < -0.3 is 10.5 Å². The van der Waals surface area contributed by atoms with Gasteiger partial charge in [0.15, 0.2) is 9.84 Å². The van der Waals surface area contributed by atoms with E-state index < -0.39 is 9.84 Å². The van der Waals surface area contributed by atoms with Crippen LogP contribution in [0.4, 0.5) is 0 Å². The van der Waals surface area contributed by atoms with E-state index in [1.807, 2.05) is 12.1 Å². The fraction of sp³-hybridized carbons (Fsp3) is 0.538. The molecular formula is C13H16ClNO3S. The number of sulfone groups is 1. The number of halogens is 1. The Bertz CT molecular complexity index is 598. The second-order valence-electron chi connectivity index (χ2n) is 5.47. The van der Waals surface area contributed by atoms with E-state index in [0.717, 1.165) is 24.8 Å². The molecule has 1 aromatic rings. The fourth-order valence-corrected chi connectivity index (χ4v) is 3.91. The van der Waals surface area contributed by atoms with Crippen LogP contribution in [0.5, 0.6) is 5.75 Å². The van der Waals surface area contributed by atoms with Crippen LogP contribution in [0.3, 0.4) is 0 Å². The van der Waals surface area contributed by atoms with E-state index in [0.29, 0.717) is 10.8 Å². The number of ether oxygens (including phenoxy) is 1. The molecule has 0 spiro atoms. The Morgan fingerprint density at radius 1 is 1.32 bits per heavy atom. The summed E-state index contributed by atoms with van der Waals surface area (Å²) in [6, 6.07) is 5.55. The van der Waals surface area contributed by atoms with Gasteiger partial charge in [0.2, 0.25) is 0 Å². The summed E-state index contributed by atoms with van der Waals surface area (Å²) < 4.78 is 27.7. The highest BCUT2D eigenvalue weighted by molar-refractivity contribution is 7.92. The number of hydrogen-bond donors (Lipinski definition) is 1. The van der Waals surface area contributed by atoms with E-state index in [2.05, 4.69) is 0 Å². The lowest BCUT2D eigenvalue weighted by atomic mass is 9.73. The quantitative estimate of drug-likeness (QED) is 0.925. The minimum Gasteiger partial charge on any atom is -0.487 e. The molecule has 0 aromatic heterocycles. The van der Waals surface area contributed by atoms with E-state index in [1.54, 1.807) is 6.07 Å². The van der Waals surface area contributed by atoms with Crippen LogP contribution >= 0.6 is 11.6 Å². The second kappa shape index (κ2) is 4.36. The minimum absolute atomic E-state index is 0.0753. The Kier molecular flexibility index (Phi) is 3.04. The maximum absolute atomic E-state index is 11.1. The number of rotatable bonds is 3. The summed E-state index contributed by atoms with van der Waals surface area (Å²) in [5.74, 6) is 0.686. The van der Waals surface area contributed by atoms with Crippen LogP contribution in [-0.2, 0) is 15.4 Å². The summed E-state index contributed by atoms with van der Waals surface area (Å²) in [6.45, 7) is 0. The number of hydrogen-bond acceptors (Lipinski definition) is 4. The van der Waals surface area contributed by atoms with Crippen LogP contribution in [0.15, 0.2) is 18.2 Å². The summed E-state index contributed by atoms with van der Waals surface area (Å²) in [5.41, 5.74) is 7.02. The Hall–Kier alpha value is -0.780. The van der Waals surface area contributed by atoms with E-state index in [9.17, 15) is 8.42 Å². The van der Waals surface area contributed by atoms with Crippen molar-refractivity contribution in [3.63, 3.8) is 0 Å². The zero-order chi connectivity index (χ0) is 13.7. The van der Waals surface area contributed by atoms with Gasteiger partial charge in [0, 0.05) is 5.54 Å². The summed E-state index contributed by atoms with van der Waals surface area (Å²) in [6.07, 6.45) is 2.82. The third-order valence-corrected chi connectivity index (χ3v) is 5.98. The van der Waals surface area contributed by atoms with Crippen molar-refractivity contribution in [3.05, 3.63) is 28.8 Å². The molecule has 0 atom stereocenters. The van der Waals surface area contributed by atoms with Gasteiger partial charge in [0.05, 0.1) is 16.5 Å². The second-order valence-corrected chi connectivity index (χ2v) is 8.03. The van der Waals surface area contributed by atoms with Crippen molar-refractivity contribution < 1.29 is 13.2 Å². The summed E-state index contributed by atoms with van der Waals surface area (Å²) >= 11 is 6.18. The van der Waals surface area contributed by atoms with Gasteiger partial charge in [-0.1, -0.05) is 17.7 Å². The third-order valence-electron chi connectivity index (χ3n) is 3.93. The molecule has 2 aliphatic rings. The standard InChI is InChI=1S/C13H16ClNO3S/c14-11-6-9(13(15)4-1-5-13)2-3-12(11)18-10-7-19(16,17)8-10/h2-3,6,10H,1,4-5,7-8,15H2. The highest BCUT2D eigenvalue weighted by atomic mass is 35.5. The minimum atomic E-state index is -2.88. The lowest BCUT2D eigenvalue weighted by Crippen LogP contribution is -2.45. The average Bonchev–Trinajstić information content (AvgIpc) is 2.26. The third kappa shape index (κ3) is 2.47. The van der Waals surface area contributed by atoms with Crippen molar-refractivity contribution in [3.8, 4) is 5.75 Å². The van der Waals surface area contributed by atoms with Crippen LogP contribution in [-0.4, -0.2) is 26.0 Å². The molecule has 0 radical (unpaired) electrons. The van der Waals surface area contributed by atoms with E-state index in [1.165, 1.54) is 0 Å². The maximum Gasteiger partial charge on any atom is 0.157 e. The molecule has 0 bridgehead atoms. The van der Waals surface area contributed by atoms with Crippen LogP contribution in [0.2, 0.25) is 5.02 Å². The molecule has 3 rings (SSSR count). The number of benzene rings is 1. The Balaban J connectivity index is 1.73. The molecule has 2 fully saturated rings. The van der Waals surface area contributed by atoms with Crippen molar-refractivity contribution in [1.82, 2.24) is 0 Å². The Morgan fingerprint density at radius 3 is 2.47 bits per heavy atom. The first-order chi connectivity index (χ1) is 8.88. The molecule has 104 valence electrons. The van der Waals surface area contributed by atoms with Gasteiger partial charge in [-0.05, 0) is 37.0 Å². The zero-order valence-corrected chi connectivity index (χ0v) is 12.0.